The van der Waals surface area contributed by atoms with Gasteiger partial charge in [-0.05, 0) is 41.4 Å². The summed E-state index contributed by atoms with van der Waals surface area (Å²) in [5.41, 5.74) is 0.948. The fourth-order valence-corrected chi connectivity index (χ4v) is 2.41. The van der Waals surface area contributed by atoms with Crippen LogP contribution in [0.2, 0.25) is 10.0 Å². The first-order chi connectivity index (χ1) is 9.91. The molecule has 0 spiro atoms. The molecular formula is C16H9Cl3O2. The van der Waals surface area contributed by atoms with Crippen LogP contribution in [0.5, 0.6) is 0 Å². The molecule has 5 heteroatoms. The SMILES string of the molecule is C=C(C(=O)c1cc(Cl)ccc1Cl)c1ccccc1C(=O)Cl. The third kappa shape index (κ3) is 3.35. The molecule has 2 nitrogen and oxygen atoms in total. The highest BCUT2D eigenvalue weighted by Crippen LogP contribution is 2.28. The van der Waals surface area contributed by atoms with Crippen LogP contribution in [0.3, 0.4) is 0 Å². The molecule has 0 amide bonds. The highest BCUT2D eigenvalue weighted by atomic mass is 35.5. The Bertz CT molecular complexity index is 751. The highest BCUT2D eigenvalue weighted by Gasteiger charge is 2.19. The Balaban J connectivity index is 2.48. The van der Waals surface area contributed by atoms with Crippen LogP contribution >= 0.6 is 34.8 Å². The van der Waals surface area contributed by atoms with Gasteiger partial charge in [-0.1, -0.05) is 48.0 Å². The van der Waals surface area contributed by atoms with Crippen LogP contribution in [0.4, 0.5) is 0 Å². The van der Waals surface area contributed by atoms with Gasteiger partial charge in [0.25, 0.3) is 5.24 Å². The van der Waals surface area contributed by atoms with Gasteiger partial charge in [-0.25, -0.2) is 0 Å². The highest BCUT2D eigenvalue weighted by molar-refractivity contribution is 6.68. The predicted molar refractivity (Wildman–Crippen MR) is 86.5 cm³/mol. The van der Waals surface area contributed by atoms with Crippen LogP contribution in [0.15, 0.2) is 49.0 Å². The number of hydrogen-bond acceptors (Lipinski definition) is 2. The zero-order valence-electron chi connectivity index (χ0n) is 10.7. The minimum atomic E-state index is -0.656. The molecule has 21 heavy (non-hydrogen) atoms. The lowest BCUT2D eigenvalue weighted by atomic mass is 9.95. The molecule has 0 aromatic heterocycles. The van der Waals surface area contributed by atoms with Gasteiger partial charge in [0.15, 0.2) is 5.78 Å². The van der Waals surface area contributed by atoms with Crippen molar-refractivity contribution in [2.45, 2.75) is 0 Å². The molecule has 0 heterocycles. The molecule has 0 aliphatic carbocycles. The Hall–Kier alpha value is -1.61. The first kappa shape index (κ1) is 15.8. The van der Waals surface area contributed by atoms with E-state index in [0.717, 1.165) is 0 Å². The number of rotatable bonds is 4. The van der Waals surface area contributed by atoms with Gasteiger partial charge in [0, 0.05) is 21.7 Å². The fraction of sp³-hybridized carbons (Fsp3) is 0. The standard InChI is InChI=1S/C16H9Cl3O2/c1-9(11-4-2-3-5-12(11)16(19)21)15(20)13-8-10(17)6-7-14(13)18/h2-8H,1H2. The predicted octanol–water partition coefficient (Wildman–Crippen LogP) is 5.27. The number of benzene rings is 2. The molecule has 0 radical (unpaired) electrons. The van der Waals surface area contributed by atoms with Gasteiger partial charge in [-0.15, -0.1) is 0 Å². The Morgan fingerprint density at radius 2 is 1.52 bits per heavy atom. The Morgan fingerprint density at radius 3 is 2.14 bits per heavy atom. The van der Waals surface area contributed by atoms with Crippen molar-refractivity contribution < 1.29 is 9.59 Å². The number of ketones is 1. The maximum atomic E-state index is 12.5. The summed E-state index contributed by atoms with van der Waals surface area (Å²) in [7, 11) is 0. The van der Waals surface area contributed by atoms with Gasteiger partial charge < -0.3 is 0 Å². The van der Waals surface area contributed by atoms with Crippen molar-refractivity contribution in [2.75, 3.05) is 0 Å². The van der Waals surface area contributed by atoms with E-state index in [1.807, 2.05) is 0 Å². The smallest absolute Gasteiger partial charge is 0.253 e. The molecule has 0 unspecified atom stereocenters. The van der Waals surface area contributed by atoms with Crippen molar-refractivity contribution in [3.63, 3.8) is 0 Å². The number of halogens is 3. The zero-order chi connectivity index (χ0) is 15.6. The summed E-state index contributed by atoms with van der Waals surface area (Å²) in [6.45, 7) is 3.75. The average Bonchev–Trinajstić information content (AvgIpc) is 2.48. The minimum Gasteiger partial charge on any atom is -0.289 e. The summed E-state index contributed by atoms with van der Waals surface area (Å²) in [6.07, 6.45) is 0. The van der Waals surface area contributed by atoms with E-state index in [9.17, 15) is 9.59 Å². The number of hydrogen-bond donors (Lipinski definition) is 0. The average molecular weight is 340 g/mol. The molecule has 2 aromatic carbocycles. The van der Waals surface area contributed by atoms with Crippen LogP contribution in [0.1, 0.15) is 26.3 Å². The van der Waals surface area contributed by atoms with E-state index in [4.69, 9.17) is 34.8 Å². The van der Waals surface area contributed by atoms with E-state index >= 15 is 0 Å². The minimum absolute atomic E-state index is 0.128. The third-order valence-electron chi connectivity index (χ3n) is 2.91. The monoisotopic (exact) mass is 338 g/mol. The molecule has 0 fully saturated rings. The fourth-order valence-electron chi connectivity index (χ4n) is 1.87. The number of Topliss-reactive ketones (excluding diaryl/α,β-unsaturated/α-hetero) is 1. The number of carbonyl (C=O) groups is 2. The third-order valence-corrected chi connectivity index (χ3v) is 3.68. The Kier molecular flexibility index (Phi) is 4.84. The Labute approximate surface area is 136 Å². The van der Waals surface area contributed by atoms with Crippen molar-refractivity contribution in [2.24, 2.45) is 0 Å². The second-order valence-electron chi connectivity index (χ2n) is 4.25. The second-order valence-corrected chi connectivity index (χ2v) is 5.44. The van der Waals surface area contributed by atoms with Gasteiger partial charge in [0.05, 0.1) is 5.02 Å². The molecule has 0 saturated carbocycles. The molecule has 106 valence electrons. The summed E-state index contributed by atoms with van der Waals surface area (Å²) < 4.78 is 0. The summed E-state index contributed by atoms with van der Waals surface area (Å²) in [6, 6.07) is 11.1. The lowest BCUT2D eigenvalue weighted by Gasteiger charge is -2.10. The summed E-state index contributed by atoms with van der Waals surface area (Å²) in [5.74, 6) is -0.409. The van der Waals surface area contributed by atoms with Gasteiger partial charge in [-0.2, -0.15) is 0 Å². The number of carbonyl (C=O) groups excluding carboxylic acids is 2. The van der Waals surface area contributed by atoms with Gasteiger partial charge in [-0.3, -0.25) is 9.59 Å². The molecule has 2 aromatic rings. The van der Waals surface area contributed by atoms with E-state index in [0.29, 0.717) is 10.6 Å². The van der Waals surface area contributed by atoms with Crippen LogP contribution in [-0.2, 0) is 0 Å². The topological polar surface area (TPSA) is 34.1 Å². The van der Waals surface area contributed by atoms with Gasteiger partial charge in [0.2, 0.25) is 0 Å². The van der Waals surface area contributed by atoms with Gasteiger partial charge in [0.1, 0.15) is 0 Å². The van der Waals surface area contributed by atoms with Crippen molar-refractivity contribution in [1.29, 1.82) is 0 Å². The normalized spacial score (nSPS) is 10.2. The van der Waals surface area contributed by atoms with Crippen LogP contribution in [0.25, 0.3) is 5.57 Å². The van der Waals surface area contributed by atoms with E-state index in [-0.39, 0.29) is 21.7 Å². The van der Waals surface area contributed by atoms with E-state index in [2.05, 4.69) is 6.58 Å². The lowest BCUT2D eigenvalue weighted by Crippen LogP contribution is -2.06. The Morgan fingerprint density at radius 1 is 0.905 bits per heavy atom. The molecule has 0 bridgehead atoms. The molecular weight excluding hydrogens is 331 g/mol. The van der Waals surface area contributed by atoms with Crippen LogP contribution in [0, 0.1) is 0 Å². The first-order valence-electron chi connectivity index (χ1n) is 5.89. The van der Waals surface area contributed by atoms with Crippen LogP contribution in [-0.4, -0.2) is 11.0 Å². The van der Waals surface area contributed by atoms with Crippen molar-refractivity contribution in [3.8, 4) is 0 Å². The quantitative estimate of drug-likeness (QED) is 0.432. The van der Waals surface area contributed by atoms with E-state index in [1.54, 1.807) is 24.3 Å². The summed E-state index contributed by atoms with van der Waals surface area (Å²) >= 11 is 17.4. The maximum Gasteiger partial charge on any atom is 0.253 e. The van der Waals surface area contributed by atoms with E-state index in [1.165, 1.54) is 18.2 Å². The maximum absolute atomic E-state index is 12.5. The summed E-state index contributed by atoms with van der Waals surface area (Å²) in [5, 5.41) is -0.00535. The first-order valence-corrected chi connectivity index (χ1v) is 7.03. The summed E-state index contributed by atoms with van der Waals surface area (Å²) in [4.78, 5) is 23.9. The lowest BCUT2D eigenvalue weighted by molar-refractivity contribution is 0.105. The van der Waals surface area contributed by atoms with Crippen molar-refractivity contribution >= 4 is 51.4 Å². The molecule has 2 rings (SSSR count). The molecule has 0 N–H and O–H groups in total. The molecule has 0 aliphatic rings. The largest absolute Gasteiger partial charge is 0.289 e. The number of allylic oxidation sites excluding steroid dienone is 1. The van der Waals surface area contributed by atoms with E-state index < -0.39 is 11.0 Å². The molecule has 0 saturated heterocycles. The van der Waals surface area contributed by atoms with Crippen molar-refractivity contribution in [1.82, 2.24) is 0 Å². The zero-order valence-corrected chi connectivity index (χ0v) is 13.0. The molecule has 0 aliphatic heterocycles. The van der Waals surface area contributed by atoms with Crippen LogP contribution < -0.4 is 0 Å². The second kappa shape index (κ2) is 6.44. The molecule has 0 atom stereocenters. The van der Waals surface area contributed by atoms with Gasteiger partial charge >= 0.3 is 0 Å². The van der Waals surface area contributed by atoms with Crippen molar-refractivity contribution in [3.05, 3.63) is 75.8 Å².